The Bertz CT molecular complexity index is 711. The Morgan fingerprint density at radius 1 is 1.20 bits per heavy atom. The number of carbonyl (C=O) groups excluding carboxylic acids is 2. The Morgan fingerprint density at radius 3 is 2.84 bits per heavy atom. The molecule has 1 saturated heterocycles. The number of aromatic amines is 1. The minimum Gasteiger partial charge on any atom is -0.341 e. The summed E-state index contributed by atoms with van der Waals surface area (Å²) in [5.41, 5.74) is 2.02. The van der Waals surface area contributed by atoms with Gasteiger partial charge >= 0.3 is 6.03 Å². The Labute approximate surface area is 146 Å². The summed E-state index contributed by atoms with van der Waals surface area (Å²) < 4.78 is 0. The molecule has 0 bridgehead atoms. The number of imide groups is 1. The number of nitrogens with zero attached hydrogens (tertiary/aromatic N) is 3. The molecule has 1 fully saturated rings. The molecule has 3 amide bonds. The number of para-hydroxylation sites is 2. The molecule has 134 valence electrons. The number of amides is 3. The number of urea groups is 1. The smallest absolute Gasteiger partial charge is 0.321 e. The fraction of sp³-hybridized carbons (Fsp3) is 0.471. The third-order valence-electron chi connectivity index (χ3n) is 4.40. The van der Waals surface area contributed by atoms with Crippen LogP contribution in [0, 0.1) is 0 Å². The van der Waals surface area contributed by atoms with Crippen molar-refractivity contribution < 1.29 is 9.59 Å². The highest BCUT2D eigenvalue weighted by Crippen LogP contribution is 2.18. The number of benzene rings is 1. The number of rotatable bonds is 4. The lowest BCUT2D eigenvalue weighted by molar-refractivity contribution is -0.120. The second-order valence-electron chi connectivity index (χ2n) is 6.14. The Morgan fingerprint density at radius 2 is 2.04 bits per heavy atom. The first-order valence-electron chi connectivity index (χ1n) is 8.59. The van der Waals surface area contributed by atoms with E-state index in [4.69, 9.17) is 0 Å². The maximum atomic E-state index is 11.7. The monoisotopic (exact) mass is 344 g/mol. The highest BCUT2D eigenvalue weighted by Gasteiger charge is 2.18. The maximum Gasteiger partial charge on any atom is 0.321 e. The van der Waals surface area contributed by atoms with Crippen LogP contribution in [-0.2, 0) is 4.79 Å². The molecule has 8 nitrogen and oxygen atoms in total. The molecule has 2 heterocycles. The molecule has 0 aliphatic carbocycles. The molecule has 25 heavy (non-hydrogen) atoms. The van der Waals surface area contributed by atoms with Gasteiger partial charge in [0, 0.05) is 39.6 Å². The maximum absolute atomic E-state index is 11.7. The van der Waals surface area contributed by atoms with Crippen molar-refractivity contribution in [2.45, 2.75) is 12.8 Å². The lowest BCUT2D eigenvalue weighted by atomic mass is 10.3. The quantitative estimate of drug-likeness (QED) is 0.767. The SMILES string of the molecule is CNC(=O)NC(=O)CCN1CCCN(c2nc3ccccc3[nH]2)CC1. The summed E-state index contributed by atoms with van der Waals surface area (Å²) in [6, 6.07) is 7.56. The van der Waals surface area contributed by atoms with E-state index in [1.54, 1.807) is 0 Å². The summed E-state index contributed by atoms with van der Waals surface area (Å²) in [7, 11) is 1.49. The van der Waals surface area contributed by atoms with E-state index in [1.807, 2.05) is 24.3 Å². The molecule has 3 N–H and O–H groups in total. The first-order valence-corrected chi connectivity index (χ1v) is 8.59. The van der Waals surface area contributed by atoms with Crippen molar-refractivity contribution in [2.24, 2.45) is 0 Å². The summed E-state index contributed by atoms with van der Waals surface area (Å²) in [6.45, 7) is 4.24. The van der Waals surface area contributed by atoms with Crippen molar-refractivity contribution in [1.82, 2.24) is 25.5 Å². The first kappa shape index (κ1) is 17.2. The molecule has 0 atom stereocenters. The van der Waals surface area contributed by atoms with Gasteiger partial charge in [-0.2, -0.15) is 0 Å². The van der Waals surface area contributed by atoms with Gasteiger partial charge in [-0.3, -0.25) is 10.1 Å². The van der Waals surface area contributed by atoms with Crippen molar-refractivity contribution in [3.05, 3.63) is 24.3 Å². The summed E-state index contributed by atoms with van der Waals surface area (Å²) in [6.07, 6.45) is 1.33. The average molecular weight is 344 g/mol. The van der Waals surface area contributed by atoms with E-state index in [0.29, 0.717) is 13.0 Å². The molecule has 3 rings (SSSR count). The van der Waals surface area contributed by atoms with Gasteiger partial charge < -0.3 is 20.1 Å². The Kier molecular flexibility index (Phi) is 5.49. The number of anilines is 1. The second-order valence-corrected chi connectivity index (χ2v) is 6.14. The zero-order chi connectivity index (χ0) is 17.6. The van der Waals surface area contributed by atoms with E-state index in [-0.39, 0.29) is 5.91 Å². The van der Waals surface area contributed by atoms with Gasteiger partial charge in [-0.1, -0.05) is 12.1 Å². The molecule has 0 radical (unpaired) electrons. The number of fused-ring (bicyclic) bond motifs is 1. The minimum atomic E-state index is -0.461. The van der Waals surface area contributed by atoms with E-state index in [1.165, 1.54) is 7.05 Å². The van der Waals surface area contributed by atoms with Crippen LogP contribution >= 0.6 is 0 Å². The predicted octanol–water partition coefficient (Wildman–Crippen LogP) is 0.921. The lowest BCUT2D eigenvalue weighted by Gasteiger charge is -2.21. The molecule has 1 aliphatic heterocycles. The van der Waals surface area contributed by atoms with Gasteiger partial charge in [-0.05, 0) is 25.1 Å². The number of carbonyl (C=O) groups is 2. The molecule has 1 aromatic carbocycles. The van der Waals surface area contributed by atoms with Crippen molar-refractivity contribution in [2.75, 3.05) is 44.7 Å². The molecule has 2 aromatic rings. The van der Waals surface area contributed by atoms with Crippen LogP contribution in [0.15, 0.2) is 24.3 Å². The average Bonchev–Trinajstić information content (AvgIpc) is 2.91. The van der Waals surface area contributed by atoms with Crippen LogP contribution in [0.5, 0.6) is 0 Å². The molecule has 0 spiro atoms. The standard InChI is InChI=1S/C17H24N6O2/c1-18-17(25)21-15(24)7-10-22-8-4-9-23(12-11-22)16-19-13-5-2-3-6-14(13)20-16/h2-3,5-6H,4,7-12H2,1H3,(H,19,20)(H2,18,21,24,25). The summed E-state index contributed by atoms with van der Waals surface area (Å²) in [4.78, 5) is 35.4. The number of nitrogens with one attached hydrogen (secondary N) is 3. The second kappa shape index (κ2) is 7.98. The van der Waals surface area contributed by atoms with Crippen LogP contribution in [0.25, 0.3) is 11.0 Å². The summed E-state index contributed by atoms with van der Waals surface area (Å²) in [5, 5.41) is 4.67. The van der Waals surface area contributed by atoms with Gasteiger partial charge in [0.15, 0.2) is 0 Å². The zero-order valence-electron chi connectivity index (χ0n) is 14.4. The largest absolute Gasteiger partial charge is 0.341 e. The van der Waals surface area contributed by atoms with Crippen molar-refractivity contribution in [3.63, 3.8) is 0 Å². The molecule has 1 aromatic heterocycles. The van der Waals surface area contributed by atoms with E-state index >= 15 is 0 Å². The number of aromatic nitrogens is 2. The molecular weight excluding hydrogens is 320 g/mol. The van der Waals surface area contributed by atoms with Crippen LogP contribution in [0.1, 0.15) is 12.8 Å². The fourth-order valence-electron chi connectivity index (χ4n) is 3.01. The van der Waals surface area contributed by atoms with Crippen molar-refractivity contribution in [3.8, 4) is 0 Å². The van der Waals surface area contributed by atoms with Gasteiger partial charge in [-0.25, -0.2) is 9.78 Å². The molecule has 0 saturated carbocycles. The molecule has 8 heteroatoms. The van der Waals surface area contributed by atoms with Gasteiger partial charge in [0.05, 0.1) is 11.0 Å². The van der Waals surface area contributed by atoms with Crippen LogP contribution < -0.4 is 15.5 Å². The van der Waals surface area contributed by atoms with E-state index < -0.39 is 6.03 Å². The minimum absolute atomic E-state index is 0.252. The molecule has 1 aliphatic rings. The number of H-pyrrole nitrogens is 1. The molecule has 0 unspecified atom stereocenters. The third-order valence-corrected chi connectivity index (χ3v) is 4.40. The lowest BCUT2D eigenvalue weighted by Crippen LogP contribution is -2.39. The van der Waals surface area contributed by atoms with Gasteiger partial charge in [0.2, 0.25) is 11.9 Å². The first-order chi connectivity index (χ1) is 12.2. The van der Waals surface area contributed by atoms with Crippen molar-refractivity contribution >= 4 is 28.9 Å². The van der Waals surface area contributed by atoms with E-state index in [0.717, 1.165) is 49.6 Å². The summed E-state index contributed by atoms with van der Waals surface area (Å²) in [5.74, 6) is 0.651. The third kappa shape index (κ3) is 4.48. The van der Waals surface area contributed by atoms with E-state index in [2.05, 4.69) is 30.4 Å². The van der Waals surface area contributed by atoms with Crippen LogP contribution in [0.2, 0.25) is 0 Å². The Hall–Kier alpha value is -2.61. The van der Waals surface area contributed by atoms with Gasteiger partial charge in [0.1, 0.15) is 0 Å². The predicted molar refractivity (Wildman–Crippen MR) is 96.6 cm³/mol. The van der Waals surface area contributed by atoms with Crippen LogP contribution in [0.4, 0.5) is 10.7 Å². The topological polar surface area (TPSA) is 93.4 Å². The highest BCUT2D eigenvalue weighted by molar-refractivity contribution is 5.94. The highest BCUT2D eigenvalue weighted by atomic mass is 16.2. The van der Waals surface area contributed by atoms with Crippen LogP contribution in [0.3, 0.4) is 0 Å². The zero-order valence-corrected chi connectivity index (χ0v) is 14.4. The van der Waals surface area contributed by atoms with Gasteiger partial charge in [-0.15, -0.1) is 0 Å². The number of hydrogen-bond donors (Lipinski definition) is 3. The van der Waals surface area contributed by atoms with Crippen molar-refractivity contribution in [1.29, 1.82) is 0 Å². The van der Waals surface area contributed by atoms with Gasteiger partial charge in [0.25, 0.3) is 0 Å². The molecular formula is C17H24N6O2. The normalized spacial score (nSPS) is 15.8. The number of imidazole rings is 1. The number of hydrogen-bond acceptors (Lipinski definition) is 5. The van der Waals surface area contributed by atoms with E-state index in [9.17, 15) is 9.59 Å². The Balaban J connectivity index is 1.52. The summed E-state index contributed by atoms with van der Waals surface area (Å²) >= 11 is 0. The fourth-order valence-corrected chi connectivity index (χ4v) is 3.01. The van der Waals surface area contributed by atoms with Crippen LogP contribution in [-0.4, -0.2) is 66.6 Å².